The Bertz CT molecular complexity index is 403. The average Bonchev–Trinajstić information content (AvgIpc) is 2.34. The lowest BCUT2D eigenvalue weighted by atomic mass is 9.87. The van der Waals surface area contributed by atoms with Gasteiger partial charge in [0.1, 0.15) is 0 Å². The summed E-state index contributed by atoms with van der Waals surface area (Å²) >= 11 is 6.03. The molecule has 0 aliphatic carbocycles. The van der Waals surface area contributed by atoms with Crippen LogP contribution in [0.2, 0.25) is 5.02 Å². The van der Waals surface area contributed by atoms with Gasteiger partial charge in [-0.05, 0) is 42.5 Å². The molecule has 18 heavy (non-hydrogen) atoms. The summed E-state index contributed by atoms with van der Waals surface area (Å²) in [6.45, 7) is 4.33. The van der Waals surface area contributed by atoms with Gasteiger partial charge in [0.05, 0.1) is 0 Å². The summed E-state index contributed by atoms with van der Waals surface area (Å²) in [5.41, 5.74) is 7.05. The second-order valence-electron chi connectivity index (χ2n) is 4.70. The largest absolute Gasteiger partial charge is 0.366 e. The fourth-order valence-electron chi connectivity index (χ4n) is 2.32. The Balaban J connectivity index is 2.95. The number of primary amides is 1. The molecule has 0 radical (unpaired) electrons. The third-order valence-corrected chi connectivity index (χ3v) is 3.60. The van der Waals surface area contributed by atoms with Gasteiger partial charge in [-0.2, -0.15) is 0 Å². The molecule has 1 rings (SSSR count). The molecule has 0 spiro atoms. The first-order chi connectivity index (χ1) is 8.60. The van der Waals surface area contributed by atoms with E-state index in [4.69, 9.17) is 17.3 Å². The summed E-state index contributed by atoms with van der Waals surface area (Å²) in [6, 6.07) is 5.36. The van der Waals surface area contributed by atoms with Crippen molar-refractivity contribution < 1.29 is 4.79 Å². The number of hydrogen-bond donors (Lipinski definition) is 1. The lowest BCUT2D eigenvalue weighted by Gasteiger charge is -2.18. The third-order valence-electron chi connectivity index (χ3n) is 3.37. The first-order valence-electron chi connectivity index (χ1n) is 6.69. The summed E-state index contributed by atoms with van der Waals surface area (Å²) in [5.74, 6) is 0.00774. The van der Waals surface area contributed by atoms with Crippen molar-refractivity contribution in [2.24, 2.45) is 5.73 Å². The predicted molar refractivity (Wildman–Crippen MR) is 77.1 cm³/mol. The Morgan fingerprint density at radius 1 is 1.33 bits per heavy atom. The zero-order valence-corrected chi connectivity index (χ0v) is 12.0. The lowest BCUT2D eigenvalue weighted by Crippen LogP contribution is -2.15. The van der Waals surface area contributed by atoms with E-state index in [1.54, 1.807) is 12.1 Å². The van der Waals surface area contributed by atoms with E-state index in [2.05, 4.69) is 13.8 Å². The van der Waals surface area contributed by atoms with Gasteiger partial charge < -0.3 is 5.73 Å². The summed E-state index contributed by atoms with van der Waals surface area (Å²) in [4.78, 5) is 11.5. The van der Waals surface area contributed by atoms with E-state index in [0.717, 1.165) is 18.4 Å². The SMILES string of the molecule is CCCCCC(CC)c1cc(Cl)ccc1C(N)=O. The van der Waals surface area contributed by atoms with Gasteiger partial charge in [0.25, 0.3) is 0 Å². The van der Waals surface area contributed by atoms with E-state index < -0.39 is 0 Å². The fraction of sp³-hybridized carbons (Fsp3) is 0.533. The highest BCUT2D eigenvalue weighted by atomic mass is 35.5. The molecule has 0 aromatic heterocycles. The highest BCUT2D eigenvalue weighted by molar-refractivity contribution is 6.30. The highest BCUT2D eigenvalue weighted by Gasteiger charge is 2.16. The zero-order chi connectivity index (χ0) is 13.5. The van der Waals surface area contributed by atoms with Gasteiger partial charge in [0.2, 0.25) is 5.91 Å². The van der Waals surface area contributed by atoms with Crippen LogP contribution in [0.25, 0.3) is 0 Å². The van der Waals surface area contributed by atoms with Gasteiger partial charge in [-0.3, -0.25) is 4.79 Å². The Morgan fingerprint density at radius 3 is 2.61 bits per heavy atom. The van der Waals surface area contributed by atoms with Crippen LogP contribution in [0.5, 0.6) is 0 Å². The maximum absolute atomic E-state index is 11.5. The van der Waals surface area contributed by atoms with Crippen molar-refractivity contribution in [2.75, 3.05) is 0 Å². The maximum Gasteiger partial charge on any atom is 0.248 e. The molecule has 0 heterocycles. The summed E-state index contributed by atoms with van der Waals surface area (Å²) in [5, 5.41) is 0.670. The van der Waals surface area contributed by atoms with Gasteiger partial charge in [0.15, 0.2) is 0 Å². The van der Waals surface area contributed by atoms with Crippen LogP contribution in [0.1, 0.15) is 67.8 Å². The molecule has 0 fully saturated rings. The number of nitrogens with two attached hydrogens (primary N) is 1. The van der Waals surface area contributed by atoms with Crippen molar-refractivity contribution in [1.29, 1.82) is 0 Å². The van der Waals surface area contributed by atoms with E-state index in [9.17, 15) is 4.79 Å². The fourth-order valence-corrected chi connectivity index (χ4v) is 2.50. The maximum atomic E-state index is 11.5. The molecule has 0 bridgehead atoms. The molecule has 1 unspecified atom stereocenters. The molecule has 1 aromatic carbocycles. The van der Waals surface area contributed by atoms with Crippen LogP contribution in [-0.4, -0.2) is 5.91 Å². The monoisotopic (exact) mass is 267 g/mol. The van der Waals surface area contributed by atoms with Crippen LogP contribution in [0.3, 0.4) is 0 Å². The Kier molecular flexibility index (Phi) is 6.20. The van der Waals surface area contributed by atoms with E-state index in [1.807, 2.05) is 6.07 Å². The lowest BCUT2D eigenvalue weighted by molar-refractivity contribution is 0.0999. The molecule has 1 amide bonds. The molecular weight excluding hydrogens is 246 g/mol. The molecule has 0 aliphatic rings. The summed E-state index contributed by atoms with van der Waals surface area (Å²) < 4.78 is 0. The number of halogens is 1. The number of amides is 1. The standard InChI is InChI=1S/C15H22ClNO/c1-3-5-6-7-11(4-2)14-10-12(16)8-9-13(14)15(17)18/h8-11H,3-7H2,1-2H3,(H2,17,18). The van der Waals surface area contributed by atoms with E-state index in [0.29, 0.717) is 16.5 Å². The molecule has 1 atom stereocenters. The predicted octanol–water partition coefficient (Wildman–Crippen LogP) is 4.51. The zero-order valence-electron chi connectivity index (χ0n) is 11.2. The van der Waals surface area contributed by atoms with Crippen molar-refractivity contribution in [3.63, 3.8) is 0 Å². The minimum absolute atomic E-state index is 0.365. The molecule has 3 heteroatoms. The molecule has 1 aromatic rings. The molecule has 100 valence electrons. The van der Waals surface area contributed by atoms with Gasteiger partial charge in [0, 0.05) is 10.6 Å². The quantitative estimate of drug-likeness (QED) is 0.726. The minimum Gasteiger partial charge on any atom is -0.366 e. The van der Waals surface area contributed by atoms with E-state index in [1.165, 1.54) is 19.3 Å². The number of unbranched alkanes of at least 4 members (excludes halogenated alkanes) is 2. The van der Waals surface area contributed by atoms with Crippen molar-refractivity contribution in [2.45, 2.75) is 51.9 Å². The van der Waals surface area contributed by atoms with Crippen molar-refractivity contribution in [3.05, 3.63) is 34.3 Å². The molecule has 0 aliphatic heterocycles. The topological polar surface area (TPSA) is 43.1 Å². The van der Waals surface area contributed by atoms with Gasteiger partial charge in [-0.1, -0.05) is 44.7 Å². The number of benzene rings is 1. The van der Waals surface area contributed by atoms with Gasteiger partial charge in [-0.25, -0.2) is 0 Å². The van der Waals surface area contributed by atoms with Gasteiger partial charge >= 0.3 is 0 Å². The van der Waals surface area contributed by atoms with Crippen LogP contribution >= 0.6 is 11.6 Å². The first kappa shape index (κ1) is 15.0. The molecular formula is C15H22ClNO. The third kappa shape index (κ3) is 4.02. The van der Waals surface area contributed by atoms with Crippen LogP contribution < -0.4 is 5.73 Å². The minimum atomic E-state index is -0.365. The average molecular weight is 268 g/mol. The van der Waals surface area contributed by atoms with E-state index in [-0.39, 0.29) is 5.91 Å². The van der Waals surface area contributed by atoms with Crippen LogP contribution in [0, 0.1) is 0 Å². The van der Waals surface area contributed by atoms with Crippen molar-refractivity contribution in [3.8, 4) is 0 Å². The Morgan fingerprint density at radius 2 is 2.06 bits per heavy atom. The van der Waals surface area contributed by atoms with Crippen molar-refractivity contribution >= 4 is 17.5 Å². The highest BCUT2D eigenvalue weighted by Crippen LogP contribution is 2.30. The smallest absolute Gasteiger partial charge is 0.248 e. The Hall–Kier alpha value is -1.02. The first-order valence-corrected chi connectivity index (χ1v) is 7.07. The summed E-state index contributed by atoms with van der Waals surface area (Å²) in [6.07, 6.45) is 5.70. The number of rotatable bonds is 7. The molecule has 2 nitrogen and oxygen atoms in total. The second kappa shape index (κ2) is 7.42. The number of hydrogen-bond acceptors (Lipinski definition) is 1. The van der Waals surface area contributed by atoms with E-state index >= 15 is 0 Å². The molecule has 2 N–H and O–H groups in total. The van der Waals surface area contributed by atoms with Crippen LogP contribution in [-0.2, 0) is 0 Å². The number of carbonyl (C=O) groups is 1. The molecule has 0 saturated heterocycles. The van der Waals surface area contributed by atoms with Crippen molar-refractivity contribution in [1.82, 2.24) is 0 Å². The molecule has 0 saturated carbocycles. The number of carbonyl (C=O) groups excluding carboxylic acids is 1. The van der Waals surface area contributed by atoms with Crippen LogP contribution in [0.15, 0.2) is 18.2 Å². The normalized spacial score (nSPS) is 12.4. The Labute approximate surface area is 115 Å². The van der Waals surface area contributed by atoms with Gasteiger partial charge in [-0.15, -0.1) is 0 Å². The summed E-state index contributed by atoms with van der Waals surface area (Å²) in [7, 11) is 0. The second-order valence-corrected chi connectivity index (χ2v) is 5.13. The van der Waals surface area contributed by atoms with Crippen LogP contribution in [0.4, 0.5) is 0 Å².